The molecule has 0 unspecified atom stereocenters. The van der Waals surface area contributed by atoms with Crippen LogP contribution in [0.15, 0.2) is 96.2 Å². The number of nitrogens with one attached hydrogen (secondary N) is 1. The Morgan fingerprint density at radius 3 is 2.47 bits per heavy atom. The van der Waals surface area contributed by atoms with Gasteiger partial charge in [0.1, 0.15) is 11.6 Å². The number of nitrogens with two attached hydrogens (primary N) is 1. The lowest BCUT2D eigenvalue weighted by Gasteiger charge is -2.40. The van der Waals surface area contributed by atoms with Crippen molar-refractivity contribution in [1.29, 1.82) is 0 Å². The molecule has 45 heavy (non-hydrogen) atoms. The van der Waals surface area contributed by atoms with Crippen LogP contribution in [0.5, 0.6) is 0 Å². The number of nitrogens with zero attached hydrogens (tertiary/aromatic N) is 2. The van der Waals surface area contributed by atoms with E-state index in [2.05, 4.69) is 10.3 Å². The number of piperazine rings is 1. The molecule has 1 saturated heterocycles. The molecule has 1 aliphatic rings. The number of benzene rings is 3. The zero-order valence-corrected chi connectivity index (χ0v) is 26.3. The van der Waals surface area contributed by atoms with Crippen LogP contribution in [-0.4, -0.2) is 54.7 Å². The third-order valence-corrected chi connectivity index (χ3v) is 10.6. The highest BCUT2D eigenvalue weighted by Crippen LogP contribution is 2.31. The lowest BCUT2D eigenvalue weighted by molar-refractivity contribution is -0.119. The van der Waals surface area contributed by atoms with E-state index in [9.17, 15) is 17.6 Å². The van der Waals surface area contributed by atoms with Gasteiger partial charge in [0.25, 0.3) is 0 Å². The third-order valence-electron chi connectivity index (χ3n) is 8.29. The van der Waals surface area contributed by atoms with Crippen molar-refractivity contribution in [2.75, 3.05) is 13.1 Å². The number of hydrogen-bond acceptors (Lipinski definition) is 6. The molecule has 0 bridgehead atoms. The first-order valence-corrected chi connectivity index (χ1v) is 16.6. The van der Waals surface area contributed by atoms with Gasteiger partial charge in [0, 0.05) is 48.7 Å². The van der Waals surface area contributed by atoms with Crippen molar-refractivity contribution in [3.63, 3.8) is 0 Å². The molecule has 1 aliphatic heterocycles. The molecule has 0 radical (unpaired) electrons. The fourth-order valence-corrected chi connectivity index (χ4v) is 8.08. The highest BCUT2D eigenvalue weighted by atomic mass is 35.5. The molecule has 2 heterocycles. The Bertz CT molecular complexity index is 1740. The summed E-state index contributed by atoms with van der Waals surface area (Å²) >= 11 is 6.09. The van der Waals surface area contributed by atoms with Crippen molar-refractivity contribution < 1.29 is 22.0 Å². The van der Waals surface area contributed by atoms with Gasteiger partial charge in [0.15, 0.2) is 5.78 Å². The van der Waals surface area contributed by atoms with Crippen LogP contribution in [0, 0.1) is 11.6 Å². The normalized spacial score (nSPS) is 18.8. The highest BCUT2D eigenvalue weighted by Gasteiger charge is 2.38. The SMILES string of the molecule is C[C@H]1CNC[C@H](CCc2c(F)cncc2CC(=O)[C@@H](N)[C@@H](c2ccc(Cl)cc2)c2cccc(F)c2)N1S(=O)(=O)c1ccccc1. The average Bonchev–Trinajstić information content (AvgIpc) is 3.02. The number of sulfonamides is 1. The lowest BCUT2D eigenvalue weighted by Crippen LogP contribution is -2.58. The maximum absolute atomic E-state index is 15.3. The minimum absolute atomic E-state index is 0.177. The summed E-state index contributed by atoms with van der Waals surface area (Å²) in [5, 5.41) is 3.79. The van der Waals surface area contributed by atoms with E-state index in [0.717, 1.165) is 6.20 Å². The van der Waals surface area contributed by atoms with E-state index in [4.69, 9.17) is 17.3 Å². The molecule has 0 amide bonds. The van der Waals surface area contributed by atoms with Crippen LogP contribution >= 0.6 is 11.6 Å². The van der Waals surface area contributed by atoms with Crippen LogP contribution < -0.4 is 11.1 Å². The molecule has 0 spiro atoms. The second kappa shape index (κ2) is 14.3. The largest absolute Gasteiger partial charge is 0.321 e. The molecule has 4 atom stereocenters. The Morgan fingerprint density at radius 2 is 1.76 bits per heavy atom. The number of halogens is 3. The molecule has 1 aromatic heterocycles. The molecule has 0 aliphatic carbocycles. The Morgan fingerprint density at radius 1 is 1.02 bits per heavy atom. The number of Topliss-reactive ketones (excluding diaryl/α,β-unsaturated/α-hetero) is 1. The first-order chi connectivity index (χ1) is 21.6. The van der Waals surface area contributed by atoms with Gasteiger partial charge in [0.05, 0.1) is 17.1 Å². The van der Waals surface area contributed by atoms with Crippen LogP contribution in [0.3, 0.4) is 0 Å². The first kappa shape index (κ1) is 32.8. The number of aromatic nitrogens is 1. The Hall–Kier alpha value is -3.54. The molecule has 5 rings (SSSR count). The lowest BCUT2D eigenvalue weighted by atomic mass is 9.82. The number of rotatable bonds is 11. The van der Waals surface area contributed by atoms with Gasteiger partial charge in [-0.25, -0.2) is 17.2 Å². The first-order valence-electron chi connectivity index (χ1n) is 14.8. The van der Waals surface area contributed by atoms with Gasteiger partial charge < -0.3 is 11.1 Å². The molecule has 0 saturated carbocycles. The van der Waals surface area contributed by atoms with Crippen LogP contribution in [0.4, 0.5) is 8.78 Å². The molecule has 4 aromatic rings. The fourth-order valence-electron chi connectivity index (χ4n) is 6.09. The molecule has 3 N–H and O–H groups in total. The summed E-state index contributed by atoms with van der Waals surface area (Å²) in [5.74, 6) is -2.10. The molecule has 11 heteroatoms. The summed E-state index contributed by atoms with van der Waals surface area (Å²) < 4.78 is 58.3. The van der Waals surface area contributed by atoms with E-state index in [1.807, 2.05) is 6.92 Å². The maximum Gasteiger partial charge on any atom is 0.243 e. The minimum Gasteiger partial charge on any atom is -0.321 e. The fraction of sp³-hybridized carbons (Fsp3) is 0.294. The standard InChI is InChI=1S/C34H35ClF2N4O3S/c1-22-18-39-20-28(41(22)45(43,44)29-8-3-2-4-9-29)14-15-30-25(19-40-21-31(30)37)17-32(42)34(38)33(23-10-12-26(35)13-11-23)24-6-5-7-27(36)16-24/h2-13,16,19,21-22,28,33-34,39H,14-15,17-18,20,38H2,1H3/t22-,28-,33-,34+/m0/s1. The molecular formula is C34H35ClF2N4O3S. The Labute approximate surface area is 267 Å². The minimum atomic E-state index is -3.80. The molecule has 7 nitrogen and oxygen atoms in total. The third kappa shape index (κ3) is 7.48. The van der Waals surface area contributed by atoms with E-state index < -0.39 is 39.7 Å². The van der Waals surface area contributed by atoms with Gasteiger partial charge in [-0.3, -0.25) is 9.78 Å². The zero-order chi connectivity index (χ0) is 32.1. The number of hydrogen-bond donors (Lipinski definition) is 2. The predicted octanol–water partition coefficient (Wildman–Crippen LogP) is 5.27. The molecule has 236 valence electrons. The predicted molar refractivity (Wildman–Crippen MR) is 170 cm³/mol. The van der Waals surface area contributed by atoms with Crippen LogP contribution in [0.25, 0.3) is 0 Å². The summed E-state index contributed by atoms with van der Waals surface area (Å²) in [7, 11) is -3.80. The topological polar surface area (TPSA) is 105 Å². The van der Waals surface area contributed by atoms with Crippen molar-refractivity contribution in [2.24, 2.45) is 5.73 Å². The Kier molecular flexibility index (Phi) is 10.4. The van der Waals surface area contributed by atoms with Crippen molar-refractivity contribution in [3.05, 3.63) is 130 Å². The maximum atomic E-state index is 15.3. The van der Waals surface area contributed by atoms with Gasteiger partial charge >= 0.3 is 0 Å². The summed E-state index contributed by atoms with van der Waals surface area (Å²) in [4.78, 5) is 17.9. The van der Waals surface area contributed by atoms with Gasteiger partial charge in [-0.1, -0.05) is 54.1 Å². The number of pyridine rings is 1. The van der Waals surface area contributed by atoms with Crippen LogP contribution in [0.2, 0.25) is 5.02 Å². The summed E-state index contributed by atoms with van der Waals surface area (Å²) in [6.07, 6.45) is 2.83. The van der Waals surface area contributed by atoms with E-state index in [1.54, 1.807) is 66.7 Å². The number of carbonyl (C=O) groups excluding carboxylic acids is 1. The Balaban J connectivity index is 1.38. The van der Waals surface area contributed by atoms with E-state index in [1.165, 1.54) is 22.6 Å². The quantitative estimate of drug-likeness (QED) is 0.229. The van der Waals surface area contributed by atoms with Gasteiger partial charge in [-0.15, -0.1) is 0 Å². The molecular weight excluding hydrogens is 618 g/mol. The number of ketones is 1. The average molecular weight is 653 g/mol. The van der Waals surface area contributed by atoms with Crippen molar-refractivity contribution >= 4 is 27.4 Å². The monoisotopic (exact) mass is 652 g/mol. The second-order valence-corrected chi connectivity index (χ2v) is 13.6. The van der Waals surface area contributed by atoms with Crippen molar-refractivity contribution in [3.8, 4) is 0 Å². The second-order valence-electron chi connectivity index (χ2n) is 11.4. The smallest absolute Gasteiger partial charge is 0.243 e. The van der Waals surface area contributed by atoms with E-state index in [0.29, 0.717) is 41.2 Å². The molecule has 3 aromatic carbocycles. The number of carbonyl (C=O) groups is 1. The summed E-state index contributed by atoms with van der Waals surface area (Å²) in [6.45, 7) is 2.73. The van der Waals surface area contributed by atoms with Gasteiger partial charge in [0.2, 0.25) is 10.0 Å². The van der Waals surface area contributed by atoms with E-state index in [-0.39, 0.29) is 35.1 Å². The van der Waals surface area contributed by atoms with E-state index >= 15 is 4.39 Å². The van der Waals surface area contributed by atoms with Gasteiger partial charge in [-0.05, 0) is 78.4 Å². The summed E-state index contributed by atoms with van der Waals surface area (Å²) in [5.41, 5.74) is 8.44. The van der Waals surface area contributed by atoms with Crippen molar-refractivity contribution in [2.45, 2.75) is 55.1 Å². The van der Waals surface area contributed by atoms with Crippen LogP contribution in [0.1, 0.15) is 41.5 Å². The van der Waals surface area contributed by atoms with Crippen molar-refractivity contribution in [1.82, 2.24) is 14.6 Å². The van der Waals surface area contributed by atoms with Gasteiger partial charge in [-0.2, -0.15) is 4.31 Å². The van der Waals surface area contributed by atoms with Crippen LogP contribution in [-0.2, 0) is 27.7 Å². The summed E-state index contributed by atoms with van der Waals surface area (Å²) in [6, 6.07) is 19.2. The molecule has 1 fully saturated rings. The zero-order valence-electron chi connectivity index (χ0n) is 24.7. The highest BCUT2D eigenvalue weighted by molar-refractivity contribution is 7.89.